The number of halogens is 1. The Kier molecular flexibility index (Phi) is 6.80. The number of rotatable bonds is 7. The minimum Gasteiger partial charge on any atom is -0.326 e. The van der Waals surface area contributed by atoms with Crippen molar-refractivity contribution >= 4 is 38.9 Å². The molecule has 0 aliphatic rings. The van der Waals surface area contributed by atoms with Gasteiger partial charge in [-0.1, -0.05) is 41.4 Å². The van der Waals surface area contributed by atoms with E-state index >= 15 is 0 Å². The van der Waals surface area contributed by atoms with Gasteiger partial charge in [-0.25, -0.2) is 8.42 Å². The van der Waals surface area contributed by atoms with Crippen molar-refractivity contribution in [1.29, 1.82) is 0 Å². The zero-order chi connectivity index (χ0) is 21.7. The van der Waals surface area contributed by atoms with Crippen molar-refractivity contribution in [2.45, 2.75) is 31.6 Å². The van der Waals surface area contributed by atoms with E-state index in [1.807, 2.05) is 31.2 Å². The van der Waals surface area contributed by atoms with Gasteiger partial charge in [0.2, 0.25) is 5.91 Å². The third-order valence-electron chi connectivity index (χ3n) is 4.64. The van der Waals surface area contributed by atoms with Crippen molar-refractivity contribution in [3.05, 3.63) is 88.4 Å². The van der Waals surface area contributed by atoms with E-state index in [4.69, 9.17) is 11.6 Å². The number of carbonyl (C=O) groups excluding carboxylic acids is 1. The van der Waals surface area contributed by atoms with E-state index < -0.39 is 10.0 Å². The largest absolute Gasteiger partial charge is 0.326 e. The minimum atomic E-state index is -3.75. The summed E-state index contributed by atoms with van der Waals surface area (Å²) in [7, 11) is -3.75. The van der Waals surface area contributed by atoms with Crippen LogP contribution in [0.3, 0.4) is 0 Å². The highest BCUT2D eigenvalue weighted by atomic mass is 35.5. The molecule has 0 fully saturated rings. The first-order chi connectivity index (χ1) is 14.2. The van der Waals surface area contributed by atoms with Crippen LogP contribution < -0.4 is 10.0 Å². The van der Waals surface area contributed by atoms with Gasteiger partial charge in [0.1, 0.15) is 0 Å². The fourth-order valence-corrected chi connectivity index (χ4v) is 4.26. The highest BCUT2D eigenvalue weighted by Gasteiger charge is 2.15. The van der Waals surface area contributed by atoms with Gasteiger partial charge in [-0.2, -0.15) is 0 Å². The molecule has 0 atom stereocenters. The lowest BCUT2D eigenvalue weighted by Gasteiger charge is -2.11. The summed E-state index contributed by atoms with van der Waals surface area (Å²) >= 11 is 5.92. The maximum atomic E-state index is 12.6. The summed E-state index contributed by atoms with van der Waals surface area (Å²) < 4.78 is 27.8. The molecule has 3 aromatic rings. The molecule has 5 nitrogen and oxygen atoms in total. The van der Waals surface area contributed by atoms with Crippen LogP contribution >= 0.6 is 11.6 Å². The van der Waals surface area contributed by atoms with E-state index in [9.17, 15) is 13.2 Å². The quantitative estimate of drug-likeness (QED) is 0.519. The van der Waals surface area contributed by atoms with Crippen LogP contribution in [0.15, 0.2) is 71.6 Å². The van der Waals surface area contributed by atoms with E-state index in [1.165, 1.54) is 17.7 Å². The smallest absolute Gasteiger partial charge is 0.261 e. The van der Waals surface area contributed by atoms with Gasteiger partial charge in [0, 0.05) is 17.1 Å². The van der Waals surface area contributed by atoms with E-state index in [-0.39, 0.29) is 10.8 Å². The molecule has 30 heavy (non-hydrogen) atoms. The number of amides is 1. The second-order valence-corrected chi connectivity index (χ2v) is 9.24. The average molecular weight is 443 g/mol. The molecule has 3 rings (SSSR count). The molecule has 0 saturated heterocycles. The van der Waals surface area contributed by atoms with E-state index in [1.54, 1.807) is 37.3 Å². The lowest BCUT2D eigenvalue weighted by molar-refractivity contribution is -0.116. The first-order valence-corrected chi connectivity index (χ1v) is 11.3. The molecular formula is C23H23ClN2O3S. The zero-order valence-electron chi connectivity index (χ0n) is 16.8. The second kappa shape index (κ2) is 9.32. The summed E-state index contributed by atoms with van der Waals surface area (Å²) in [4.78, 5) is 12.3. The van der Waals surface area contributed by atoms with Gasteiger partial charge < -0.3 is 5.32 Å². The molecule has 2 N–H and O–H groups in total. The molecule has 0 saturated carbocycles. The Labute approximate surface area is 182 Å². The van der Waals surface area contributed by atoms with Crippen LogP contribution in [-0.2, 0) is 21.2 Å². The Hall–Kier alpha value is -2.83. The third-order valence-corrected chi connectivity index (χ3v) is 6.26. The summed E-state index contributed by atoms with van der Waals surface area (Å²) in [5.74, 6) is -0.124. The number of carbonyl (C=O) groups is 1. The van der Waals surface area contributed by atoms with Crippen molar-refractivity contribution in [3.63, 3.8) is 0 Å². The van der Waals surface area contributed by atoms with Crippen LogP contribution in [0, 0.1) is 13.8 Å². The van der Waals surface area contributed by atoms with Crippen molar-refractivity contribution in [3.8, 4) is 0 Å². The standard InChI is InChI=1S/C23H23ClN2O3S/c1-16-3-5-18(6-4-16)7-14-23(27)25-20-9-11-21(12-10-20)30(28,29)26-22-13-8-19(24)15-17(22)2/h3-6,8-13,15,26H,7,14H2,1-2H3,(H,25,27). The summed E-state index contributed by atoms with van der Waals surface area (Å²) in [5.41, 5.74) is 4.02. The third kappa shape index (κ3) is 5.84. The van der Waals surface area contributed by atoms with Gasteiger partial charge in [0.25, 0.3) is 10.0 Å². The van der Waals surface area contributed by atoms with Gasteiger partial charge in [0.15, 0.2) is 0 Å². The van der Waals surface area contributed by atoms with Crippen LogP contribution in [0.4, 0.5) is 11.4 Å². The SMILES string of the molecule is Cc1ccc(CCC(=O)Nc2ccc(S(=O)(=O)Nc3ccc(Cl)cc3C)cc2)cc1. The summed E-state index contributed by atoms with van der Waals surface area (Å²) in [6, 6.07) is 19.1. The van der Waals surface area contributed by atoms with Gasteiger partial charge in [-0.15, -0.1) is 0 Å². The summed E-state index contributed by atoms with van der Waals surface area (Å²) in [5, 5.41) is 3.34. The molecule has 0 bridgehead atoms. The van der Waals surface area contributed by atoms with Crippen LogP contribution in [0.5, 0.6) is 0 Å². The fraction of sp³-hybridized carbons (Fsp3) is 0.174. The predicted molar refractivity (Wildman–Crippen MR) is 122 cm³/mol. The first kappa shape index (κ1) is 21.9. The molecule has 156 valence electrons. The number of hydrogen-bond acceptors (Lipinski definition) is 3. The van der Waals surface area contributed by atoms with Crippen molar-refractivity contribution in [1.82, 2.24) is 0 Å². The van der Waals surface area contributed by atoms with E-state index in [0.29, 0.717) is 29.2 Å². The summed E-state index contributed by atoms with van der Waals surface area (Å²) in [6.07, 6.45) is 0.990. The summed E-state index contributed by atoms with van der Waals surface area (Å²) in [6.45, 7) is 3.80. The maximum Gasteiger partial charge on any atom is 0.261 e. The molecule has 0 aliphatic carbocycles. The molecule has 0 unspecified atom stereocenters. The average Bonchev–Trinajstić information content (AvgIpc) is 2.70. The number of hydrogen-bond donors (Lipinski definition) is 2. The second-order valence-electron chi connectivity index (χ2n) is 7.12. The molecule has 0 aromatic heterocycles. The molecule has 0 spiro atoms. The number of anilines is 2. The number of aryl methyl sites for hydroxylation is 3. The normalized spacial score (nSPS) is 11.2. The molecule has 1 amide bonds. The van der Waals surface area contributed by atoms with Crippen LogP contribution in [-0.4, -0.2) is 14.3 Å². The lowest BCUT2D eigenvalue weighted by atomic mass is 10.1. The van der Waals surface area contributed by atoms with Crippen LogP contribution in [0.2, 0.25) is 5.02 Å². The Morgan fingerprint density at radius 1 is 0.933 bits per heavy atom. The fourth-order valence-electron chi connectivity index (χ4n) is 2.90. The van der Waals surface area contributed by atoms with Gasteiger partial charge >= 0.3 is 0 Å². The van der Waals surface area contributed by atoms with Crippen molar-refractivity contribution < 1.29 is 13.2 Å². The zero-order valence-corrected chi connectivity index (χ0v) is 18.3. The first-order valence-electron chi connectivity index (χ1n) is 9.47. The number of nitrogens with one attached hydrogen (secondary N) is 2. The molecule has 7 heteroatoms. The van der Waals surface area contributed by atoms with Crippen LogP contribution in [0.25, 0.3) is 0 Å². The van der Waals surface area contributed by atoms with E-state index in [0.717, 1.165) is 11.1 Å². The maximum absolute atomic E-state index is 12.6. The Bertz CT molecular complexity index is 1140. The lowest BCUT2D eigenvalue weighted by Crippen LogP contribution is -2.15. The number of sulfonamides is 1. The molecule has 3 aromatic carbocycles. The minimum absolute atomic E-state index is 0.106. The van der Waals surface area contributed by atoms with Gasteiger partial charge in [-0.3, -0.25) is 9.52 Å². The Morgan fingerprint density at radius 2 is 1.60 bits per heavy atom. The van der Waals surface area contributed by atoms with Crippen molar-refractivity contribution in [2.75, 3.05) is 10.0 Å². The molecule has 0 radical (unpaired) electrons. The predicted octanol–water partition coefficient (Wildman–Crippen LogP) is 5.33. The highest BCUT2D eigenvalue weighted by Crippen LogP contribution is 2.23. The Morgan fingerprint density at radius 3 is 2.23 bits per heavy atom. The highest BCUT2D eigenvalue weighted by molar-refractivity contribution is 7.92. The topological polar surface area (TPSA) is 75.3 Å². The molecular weight excluding hydrogens is 420 g/mol. The molecule has 0 heterocycles. The Balaban J connectivity index is 1.60. The van der Waals surface area contributed by atoms with Crippen molar-refractivity contribution in [2.24, 2.45) is 0 Å². The van der Waals surface area contributed by atoms with Crippen LogP contribution in [0.1, 0.15) is 23.1 Å². The van der Waals surface area contributed by atoms with Gasteiger partial charge in [-0.05, 0) is 73.9 Å². The van der Waals surface area contributed by atoms with Gasteiger partial charge in [0.05, 0.1) is 10.6 Å². The molecule has 0 aliphatic heterocycles. The van der Waals surface area contributed by atoms with E-state index in [2.05, 4.69) is 10.0 Å². The monoisotopic (exact) mass is 442 g/mol. The number of benzene rings is 3.